The summed E-state index contributed by atoms with van der Waals surface area (Å²) < 4.78 is 13.6. The minimum atomic E-state index is -0.158. The lowest BCUT2D eigenvalue weighted by Gasteiger charge is -2.26. The first-order valence-corrected chi connectivity index (χ1v) is 10.1. The average molecular weight is 383 g/mol. The van der Waals surface area contributed by atoms with Gasteiger partial charge in [-0.3, -0.25) is 4.79 Å². The number of nitrogens with zero attached hydrogens (tertiary/aromatic N) is 1. The number of anilines is 2. The average Bonchev–Trinajstić information content (AvgIpc) is 2.78. The highest BCUT2D eigenvalue weighted by Crippen LogP contribution is 2.31. The van der Waals surface area contributed by atoms with Gasteiger partial charge in [0.1, 0.15) is 5.82 Å². The van der Waals surface area contributed by atoms with Gasteiger partial charge in [0.25, 0.3) is 0 Å². The molecule has 0 aromatic heterocycles. The Bertz CT molecular complexity index is 860. The molecule has 3 nitrogen and oxygen atoms in total. The van der Waals surface area contributed by atoms with Gasteiger partial charge < -0.3 is 10.2 Å². The number of carbonyl (C=O) groups excluding carboxylic acids is 1. The second kappa shape index (κ2) is 7.94. The third-order valence-corrected chi connectivity index (χ3v) is 5.24. The zero-order chi connectivity index (χ0) is 20.5. The van der Waals surface area contributed by atoms with Crippen LogP contribution in [0, 0.1) is 25.1 Å². The van der Waals surface area contributed by atoms with E-state index in [1.54, 1.807) is 12.1 Å². The van der Waals surface area contributed by atoms with E-state index in [2.05, 4.69) is 43.1 Å². The van der Waals surface area contributed by atoms with Crippen molar-refractivity contribution in [3.8, 4) is 0 Å². The number of nitrogens with one attached hydrogen (secondary N) is 1. The highest BCUT2D eigenvalue weighted by molar-refractivity contribution is 5.93. The predicted octanol–water partition coefficient (Wildman–Crippen LogP) is 5.77. The molecule has 1 aliphatic rings. The van der Waals surface area contributed by atoms with Crippen molar-refractivity contribution in [3.63, 3.8) is 0 Å². The zero-order valence-corrected chi connectivity index (χ0v) is 17.7. The van der Waals surface area contributed by atoms with E-state index in [9.17, 15) is 9.18 Å². The van der Waals surface area contributed by atoms with Crippen molar-refractivity contribution in [2.75, 3.05) is 16.8 Å². The molecule has 1 amide bonds. The molecule has 1 heterocycles. The van der Waals surface area contributed by atoms with Crippen molar-refractivity contribution in [1.29, 1.82) is 0 Å². The van der Waals surface area contributed by atoms with Crippen LogP contribution in [0.15, 0.2) is 30.3 Å². The topological polar surface area (TPSA) is 32.3 Å². The SMILES string of the molecule is Cc1cc(N2CCCc3cc(F)ccc3C2)cc(C)c1NC(=O)CC(C)(C)C. The Hall–Kier alpha value is -2.36. The van der Waals surface area contributed by atoms with Gasteiger partial charge in [-0.15, -0.1) is 0 Å². The van der Waals surface area contributed by atoms with Gasteiger partial charge in [0.2, 0.25) is 5.91 Å². The molecule has 1 N–H and O–H groups in total. The van der Waals surface area contributed by atoms with E-state index in [1.807, 2.05) is 19.9 Å². The number of hydrogen-bond donors (Lipinski definition) is 1. The Morgan fingerprint density at radius 2 is 1.79 bits per heavy atom. The summed E-state index contributed by atoms with van der Waals surface area (Å²) in [6, 6.07) is 9.42. The molecular formula is C24H31FN2O. The second-order valence-electron chi connectivity index (χ2n) is 9.18. The quantitative estimate of drug-likeness (QED) is 0.731. The molecule has 0 atom stereocenters. The van der Waals surface area contributed by atoms with E-state index in [1.165, 1.54) is 5.56 Å². The number of rotatable bonds is 3. The van der Waals surface area contributed by atoms with Gasteiger partial charge in [0.05, 0.1) is 0 Å². The molecule has 0 bridgehead atoms. The summed E-state index contributed by atoms with van der Waals surface area (Å²) in [6.07, 6.45) is 2.40. The molecule has 0 unspecified atom stereocenters. The van der Waals surface area contributed by atoms with Crippen LogP contribution in [0.2, 0.25) is 0 Å². The highest BCUT2D eigenvalue weighted by Gasteiger charge is 2.19. The maximum Gasteiger partial charge on any atom is 0.224 e. The molecule has 4 heteroatoms. The van der Waals surface area contributed by atoms with E-state index in [4.69, 9.17) is 0 Å². The minimum absolute atomic E-state index is 0.0370. The van der Waals surface area contributed by atoms with Gasteiger partial charge in [-0.25, -0.2) is 4.39 Å². The number of benzene rings is 2. The normalized spacial score (nSPS) is 14.4. The number of hydrogen-bond acceptors (Lipinski definition) is 2. The van der Waals surface area contributed by atoms with Gasteiger partial charge in [0, 0.05) is 30.9 Å². The van der Waals surface area contributed by atoms with E-state index in [0.717, 1.165) is 54.0 Å². The molecular weight excluding hydrogens is 351 g/mol. The summed E-state index contributed by atoms with van der Waals surface area (Å²) in [5, 5.41) is 3.10. The van der Waals surface area contributed by atoms with Crippen LogP contribution in [0.4, 0.5) is 15.8 Å². The number of halogens is 1. The number of aryl methyl sites for hydroxylation is 3. The Morgan fingerprint density at radius 3 is 2.43 bits per heavy atom. The van der Waals surface area contributed by atoms with Crippen molar-refractivity contribution in [2.24, 2.45) is 5.41 Å². The van der Waals surface area contributed by atoms with Gasteiger partial charge >= 0.3 is 0 Å². The van der Waals surface area contributed by atoms with Gasteiger partial charge in [0.15, 0.2) is 0 Å². The van der Waals surface area contributed by atoms with Crippen molar-refractivity contribution in [1.82, 2.24) is 0 Å². The lowest BCUT2D eigenvalue weighted by Crippen LogP contribution is -2.23. The van der Waals surface area contributed by atoms with Gasteiger partial charge in [-0.05, 0) is 78.6 Å². The summed E-state index contributed by atoms with van der Waals surface area (Å²) in [5.74, 6) is -0.105. The van der Waals surface area contributed by atoms with Crippen molar-refractivity contribution < 1.29 is 9.18 Å². The maximum absolute atomic E-state index is 13.6. The molecule has 3 rings (SSSR count). The van der Waals surface area contributed by atoms with E-state index < -0.39 is 0 Å². The molecule has 28 heavy (non-hydrogen) atoms. The number of carbonyl (C=O) groups is 1. The van der Waals surface area contributed by atoms with Crippen molar-refractivity contribution in [3.05, 3.63) is 58.4 Å². The zero-order valence-electron chi connectivity index (χ0n) is 17.7. The molecule has 0 radical (unpaired) electrons. The molecule has 0 saturated heterocycles. The molecule has 2 aromatic carbocycles. The molecule has 2 aromatic rings. The van der Waals surface area contributed by atoms with Crippen LogP contribution in [0.5, 0.6) is 0 Å². The molecule has 150 valence electrons. The fourth-order valence-corrected chi connectivity index (χ4v) is 3.93. The van der Waals surface area contributed by atoms with Crippen LogP contribution >= 0.6 is 0 Å². The standard InChI is InChI=1S/C24H31FN2O/c1-16-11-21(12-17(2)23(16)26-22(28)14-24(3,4)5)27-10-6-7-18-13-20(25)9-8-19(18)15-27/h8-9,11-13H,6-7,10,14-15H2,1-5H3,(H,26,28). The molecule has 0 saturated carbocycles. The number of fused-ring (bicyclic) bond motifs is 1. The summed E-state index contributed by atoms with van der Waals surface area (Å²) in [4.78, 5) is 14.7. The summed E-state index contributed by atoms with van der Waals surface area (Å²) in [5.41, 5.74) is 6.47. The van der Waals surface area contributed by atoms with Crippen molar-refractivity contribution >= 4 is 17.3 Å². The third kappa shape index (κ3) is 4.92. The fraction of sp³-hybridized carbons (Fsp3) is 0.458. The monoisotopic (exact) mass is 382 g/mol. The predicted molar refractivity (Wildman–Crippen MR) is 114 cm³/mol. The first-order valence-electron chi connectivity index (χ1n) is 10.1. The fourth-order valence-electron chi connectivity index (χ4n) is 3.93. The van der Waals surface area contributed by atoms with Gasteiger partial charge in [-0.1, -0.05) is 26.8 Å². The number of amides is 1. The Balaban J connectivity index is 1.82. The van der Waals surface area contributed by atoms with Crippen LogP contribution in [0.3, 0.4) is 0 Å². The summed E-state index contributed by atoms with van der Waals surface area (Å²) in [7, 11) is 0. The van der Waals surface area contributed by atoms with Gasteiger partial charge in [-0.2, -0.15) is 0 Å². The smallest absolute Gasteiger partial charge is 0.224 e. The van der Waals surface area contributed by atoms with Crippen LogP contribution in [-0.4, -0.2) is 12.5 Å². The van der Waals surface area contributed by atoms with Crippen LogP contribution < -0.4 is 10.2 Å². The Morgan fingerprint density at radius 1 is 1.11 bits per heavy atom. The molecule has 0 spiro atoms. The molecule has 0 fully saturated rings. The third-order valence-electron chi connectivity index (χ3n) is 5.24. The largest absolute Gasteiger partial charge is 0.367 e. The molecule has 0 aliphatic carbocycles. The lowest BCUT2D eigenvalue weighted by atomic mass is 9.92. The first-order chi connectivity index (χ1) is 13.1. The van der Waals surface area contributed by atoms with Crippen LogP contribution in [0.1, 0.15) is 55.9 Å². The highest BCUT2D eigenvalue weighted by atomic mass is 19.1. The Kier molecular flexibility index (Phi) is 5.78. The first kappa shape index (κ1) is 20.4. The maximum atomic E-state index is 13.6. The van der Waals surface area contributed by atoms with E-state index in [0.29, 0.717) is 6.42 Å². The van der Waals surface area contributed by atoms with E-state index in [-0.39, 0.29) is 17.1 Å². The minimum Gasteiger partial charge on any atom is -0.367 e. The van der Waals surface area contributed by atoms with Crippen molar-refractivity contribution in [2.45, 2.75) is 60.4 Å². The molecule has 1 aliphatic heterocycles. The summed E-state index contributed by atoms with van der Waals surface area (Å²) >= 11 is 0. The summed E-state index contributed by atoms with van der Waals surface area (Å²) in [6.45, 7) is 12.0. The van der Waals surface area contributed by atoms with Crippen LogP contribution in [0.25, 0.3) is 0 Å². The lowest BCUT2D eigenvalue weighted by molar-refractivity contribution is -0.117. The van der Waals surface area contributed by atoms with Crippen LogP contribution in [-0.2, 0) is 17.8 Å². The van der Waals surface area contributed by atoms with E-state index >= 15 is 0 Å². The Labute approximate surface area is 167 Å². The second-order valence-corrected chi connectivity index (χ2v) is 9.18.